The number of hydrogen-bond acceptors (Lipinski definition) is 9. The van der Waals surface area contributed by atoms with Gasteiger partial charge in [0.05, 0.1) is 6.07 Å². The highest BCUT2D eigenvalue weighted by molar-refractivity contribution is 5.98. The van der Waals surface area contributed by atoms with Gasteiger partial charge in [-0.2, -0.15) is 5.26 Å². The molecule has 0 unspecified atom stereocenters. The lowest BCUT2D eigenvalue weighted by Crippen LogP contribution is -2.60. The quantitative estimate of drug-likeness (QED) is 0.161. The standard InChI is InChI=1S/C54H77FN8O8/c1-31(2)23-41-51(67)60(11)36(10)54(70)71-47(19-16-22-56)50(66)59-43(25-33(5)6)53(69)61(12)45(26-34(7)8)48(64)58-42(24-32(3)4)52(68)62(13)46(49(65)57-41)28-38-30-63(44-18-15-14-17-39(38)44)29-37-20-21-40(55)35(9)27-37/h14-15,17-18,20-21,27,30-34,36,41-43,45-47H,16,19,23-26,28-29H2,1-13H3,(H,57,65)(H,58,64)(H,59,66)/t36-,41-,42-,43-,45-,46-,47+/m0/s1. The molecule has 1 saturated heterocycles. The highest BCUT2D eigenvalue weighted by Crippen LogP contribution is 2.27. The Kier molecular flexibility index (Phi) is 20.7. The number of nitriles is 1. The van der Waals surface area contributed by atoms with Crippen LogP contribution in [0.15, 0.2) is 48.7 Å². The van der Waals surface area contributed by atoms with Crippen LogP contribution >= 0.6 is 0 Å². The van der Waals surface area contributed by atoms with Crippen LogP contribution in [0.25, 0.3) is 10.9 Å². The third-order valence-electron chi connectivity index (χ3n) is 13.1. The smallest absolute Gasteiger partial charge is 0.329 e. The Bertz CT molecular complexity index is 2430. The van der Waals surface area contributed by atoms with Crippen LogP contribution in [0.3, 0.4) is 0 Å². The van der Waals surface area contributed by atoms with Crippen molar-refractivity contribution in [2.45, 2.75) is 163 Å². The second-order valence-corrected chi connectivity index (χ2v) is 21.0. The van der Waals surface area contributed by atoms with Crippen LogP contribution < -0.4 is 16.0 Å². The lowest BCUT2D eigenvalue weighted by Gasteiger charge is -2.35. The Labute approximate surface area is 419 Å². The van der Waals surface area contributed by atoms with E-state index in [1.165, 1.54) is 43.9 Å². The molecule has 2 aromatic carbocycles. The number of carbonyl (C=O) groups is 7. The van der Waals surface area contributed by atoms with Gasteiger partial charge in [0, 0.05) is 64.1 Å². The van der Waals surface area contributed by atoms with Crippen molar-refractivity contribution >= 4 is 52.3 Å². The lowest BCUT2D eigenvalue weighted by molar-refractivity contribution is -0.163. The topological polar surface area (TPSA) is 203 Å². The summed E-state index contributed by atoms with van der Waals surface area (Å²) in [6.07, 6.45) is 0.660. The summed E-state index contributed by atoms with van der Waals surface area (Å²) in [5.41, 5.74) is 2.88. The number of hydrogen-bond donors (Lipinski definition) is 3. The van der Waals surface area contributed by atoms with Crippen molar-refractivity contribution in [3.05, 3.63) is 71.2 Å². The molecule has 7 atom stereocenters. The van der Waals surface area contributed by atoms with Gasteiger partial charge in [0.1, 0.15) is 42.1 Å². The number of likely N-dealkylation sites (N-methyl/N-ethyl adjacent to an activating group) is 3. The Morgan fingerprint density at radius 3 is 1.69 bits per heavy atom. The maximum atomic E-state index is 15.1. The van der Waals surface area contributed by atoms with E-state index in [4.69, 9.17) is 4.74 Å². The van der Waals surface area contributed by atoms with Crippen LogP contribution in [-0.4, -0.2) is 124 Å². The second kappa shape index (κ2) is 25.7. The summed E-state index contributed by atoms with van der Waals surface area (Å²) in [6, 6.07) is 7.35. The summed E-state index contributed by atoms with van der Waals surface area (Å²) >= 11 is 0. The number of nitrogens with one attached hydrogen (secondary N) is 3. The largest absolute Gasteiger partial charge is 0.451 e. The Morgan fingerprint density at radius 2 is 1.17 bits per heavy atom. The van der Waals surface area contributed by atoms with Crippen molar-refractivity contribution in [1.29, 1.82) is 5.26 Å². The van der Waals surface area contributed by atoms with Gasteiger partial charge in [0.15, 0.2) is 6.10 Å². The molecule has 6 amide bonds. The van der Waals surface area contributed by atoms with Crippen molar-refractivity contribution in [2.24, 2.45) is 23.7 Å². The van der Waals surface area contributed by atoms with E-state index < -0.39 is 83.8 Å². The molecule has 0 bridgehead atoms. The molecule has 0 spiro atoms. The number of cyclic esters (lactones) is 1. The van der Waals surface area contributed by atoms with Crippen LogP contribution in [0.4, 0.5) is 4.39 Å². The summed E-state index contributed by atoms with van der Waals surface area (Å²) in [6.45, 7) is 18.6. The molecule has 2 heterocycles. The summed E-state index contributed by atoms with van der Waals surface area (Å²) < 4.78 is 22.1. The first kappa shape index (κ1) is 57.3. The number of carbonyl (C=O) groups excluding carboxylic acids is 7. The number of rotatable bonds is 14. The number of ether oxygens (including phenoxy) is 1. The number of nitrogens with zero attached hydrogens (tertiary/aromatic N) is 5. The summed E-state index contributed by atoms with van der Waals surface area (Å²) in [7, 11) is 4.35. The molecule has 0 radical (unpaired) electrons. The van der Waals surface area contributed by atoms with E-state index in [0.29, 0.717) is 17.7 Å². The van der Waals surface area contributed by atoms with E-state index >= 15 is 9.59 Å². The molecule has 0 saturated carbocycles. The average Bonchev–Trinajstić information content (AvgIpc) is 3.65. The first-order chi connectivity index (χ1) is 33.3. The first-order valence-corrected chi connectivity index (χ1v) is 24.9. The van der Waals surface area contributed by atoms with Gasteiger partial charge in [-0.3, -0.25) is 28.8 Å². The average molecular weight is 985 g/mol. The minimum atomic E-state index is -1.51. The molecule has 17 heteroatoms. The van der Waals surface area contributed by atoms with Crippen LogP contribution in [0.2, 0.25) is 0 Å². The van der Waals surface area contributed by atoms with Crippen LogP contribution in [0.5, 0.6) is 0 Å². The number of para-hydroxylation sites is 1. The first-order valence-electron chi connectivity index (χ1n) is 24.9. The maximum Gasteiger partial charge on any atom is 0.329 e. The molecule has 3 aromatic rings. The number of amides is 6. The Morgan fingerprint density at radius 1 is 0.676 bits per heavy atom. The predicted molar refractivity (Wildman–Crippen MR) is 270 cm³/mol. The Balaban J connectivity index is 1.92. The number of benzene rings is 2. The fourth-order valence-corrected chi connectivity index (χ4v) is 9.07. The molecule has 1 fully saturated rings. The van der Waals surface area contributed by atoms with Crippen LogP contribution in [0, 0.1) is 47.7 Å². The predicted octanol–water partition coefficient (Wildman–Crippen LogP) is 6.05. The molecule has 1 aliphatic heterocycles. The molecule has 388 valence electrons. The molecule has 0 aliphatic carbocycles. The zero-order valence-corrected chi connectivity index (χ0v) is 44.0. The number of halogens is 1. The number of esters is 1. The van der Waals surface area contributed by atoms with Gasteiger partial charge in [-0.25, -0.2) is 9.18 Å². The van der Waals surface area contributed by atoms with E-state index in [1.54, 1.807) is 19.1 Å². The van der Waals surface area contributed by atoms with Gasteiger partial charge >= 0.3 is 5.97 Å². The molecule has 1 aliphatic rings. The zero-order valence-electron chi connectivity index (χ0n) is 44.0. The SMILES string of the molecule is Cc1cc(Cn2cc(C[C@H]3C(=O)N[C@@H](CC(C)C)C(=O)N(C)[C@@H](C)C(=O)O[C@H](CCC#N)C(=O)N[C@@H](CC(C)C)C(=O)N(C)[C@@H](CC(C)C)C(=O)N[C@@H](CC(C)C)C(=O)N3C)c3ccccc32)ccc1F. The minimum absolute atomic E-state index is 0.0247. The molecule has 71 heavy (non-hydrogen) atoms. The van der Waals surface area contributed by atoms with Gasteiger partial charge in [0.2, 0.25) is 29.5 Å². The second-order valence-electron chi connectivity index (χ2n) is 21.0. The van der Waals surface area contributed by atoms with Crippen molar-refractivity contribution in [2.75, 3.05) is 21.1 Å². The van der Waals surface area contributed by atoms with Gasteiger partial charge in [0.25, 0.3) is 5.91 Å². The fraction of sp³-hybridized carbons (Fsp3) is 0.593. The van der Waals surface area contributed by atoms with Crippen molar-refractivity contribution < 1.29 is 42.7 Å². The number of aromatic nitrogens is 1. The normalized spacial score (nSPS) is 23.0. The molecule has 4 rings (SSSR count). The Hall–Kier alpha value is -6.31. The van der Waals surface area contributed by atoms with E-state index in [-0.39, 0.29) is 74.4 Å². The highest BCUT2D eigenvalue weighted by atomic mass is 19.1. The van der Waals surface area contributed by atoms with Gasteiger partial charge in [-0.05, 0) is 92.0 Å². The maximum absolute atomic E-state index is 15.1. The van der Waals surface area contributed by atoms with Gasteiger partial charge in [-0.15, -0.1) is 0 Å². The number of aryl methyl sites for hydroxylation is 1. The van der Waals surface area contributed by atoms with Gasteiger partial charge < -0.3 is 40.0 Å². The monoisotopic (exact) mass is 985 g/mol. The van der Waals surface area contributed by atoms with Crippen LogP contribution in [0.1, 0.15) is 118 Å². The molecule has 16 nitrogen and oxygen atoms in total. The summed E-state index contributed by atoms with van der Waals surface area (Å²) in [4.78, 5) is 106. The number of fused-ring (bicyclic) bond motifs is 1. The third-order valence-corrected chi connectivity index (χ3v) is 13.1. The van der Waals surface area contributed by atoms with E-state index in [0.717, 1.165) is 21.4 Å². The van der Waals surface area contributed by atoms with E-state index in [2.05, 4.69) is 16.0 Å². The minimum Gasteiger partial charge on any atom is -0.451 e. The fourth-order valence-electron chi connectivity index (χ4n) is 9.07. The molecule has 1 aromatic heterocycles. The van der Waals surface area contributed by atoms with Crippen LogP contribution in [-0.2, 0) is 51.3 Å². The van der Waals surface area contributed by atoms with Crippen molar-refractivity contribution in [3.63, 3.8) is 0 Å². The van der Waals surface area contributed by atoms with Crippen molar-refractivity contribution in [3.8, 4) is 6.07 Å². The highest BCUT2D eigenvalue weighted by Gasteiger charge is 2.40. The molecular weight excluding hydrogens is 908 g/mol. The summed E-state index contributed by atoms with van der Waals surface area (Å²) in [5, 5.41) is 18.9. The van der Waals surface area contributed by atoms with E-state index in [1.807, 2.05) is 96.5 Å². The van der Waals surface area contributed by atoms with Gasteiger partial charge in [-0.1, -0.05) is 85.7 Å². The lowest BCUT2D eigenvalue weighted by atomic mass is 9.96. The summed E-state index contributed by atoms with van der Waals surface area (Å²) in [5.74, 6) is -5.65. The van der Waals surface area contributed by atoms with Crippen molar-refractivity contribution in [1.82, 2.24) is 35.2 Å². The zero-order chi connectivity index (χ0) is 53.0. The molecule has 3 N–H and O–H groups in total. The molecular formula is C54H77FN8O8. The third kappa shape index (κ3) is 15.3. The van der Waals surface area contributed by atoms with E-state index in [9.17, 15) is 33.6 Å².